The van der Waals surface area contributed by atoms with Crippen LogP contribution in [-0.2, 0) is 12.7 Å². The second-order valence-electron chi connectivity index (χ2n) is 7.93. The third kappa shape index (κ3) is 5.59. The molecule has 0 spiro atoms. The van der Waals surface area contributed by atoms with Gasteiger partial charge in [0.15, 0.2) is 11.5 Å². The van der Waals surface area contributed by atoms with Crippen molar-refractivity contribution in [2.75, 3.05) is 7.05 Å². The predicted molar refractivity (Wildman–Crippen MR) is 105 cm³/mol. The normalized spacial score (nSPS) is 13.4. The SMILES string of the molecule is CC(C)C(C)NC(=O)c1noc(-c2ccc(C(F)(F)F)cc2)c1CN(C)C(C)C. The molecule has 8 heteroatoms. The van der Waals surface area contributed by atoms with Gasteiger partial charge in [0.05, 0.1) is 5.56 Å². The van der Waals surface area contributed by atoms with E-state index in [4.69, 9.17) is 4.52 Å². The molecule has 0 saturated carbocycles. The summed E-state index contributed by atoms with van der Waals surface area (Å²) in [6.45, 7) is 10.3. The van der Waals surface area contributed by atoms with Gasteiger partial charge in [-0.2, -0.15) is 13.2 Å². The third-order valence-electron chi connectivity index (χ3n) is 5.13. The Hall–Kier alpha value is -2.35. The fourth-order valence-electron chi connectivity index (χ4n) is 2.55. The van der Waals surface area contributed by atoms with Crippen molar-refractivity contribution in [1.29, 1.82) is 0 Å². The molecule has 160 valence electrons. The molecule has 0 aliphatic carbocycles. The van der Waals surface area contributed by atoms with Crippen LogP contribution in [0.1, 0.15) is 56.2 Å². The molecule has 1 atom stereocenters. The lowest BCUT2D eigenvalue weighted by atomic mass is 10.0. The number of carbonyl (C=O) groups excluding carboxylic acids is 1. The maximum absolute atomic E-state index is 12.9. The molecule has 1 unspecified atom stereocenters. The average molecular weight is 411 g/mol. The molecule has 29 heavy (non-hydrogen) atoms. The van der Waals surface area contributed by atoms with Crippen LogP contribution in [0.2, 0.25) is 0 Å². The molecule has 0 radical (unpaired) electrons. The Bertz CT molecular complexity index is 827. The van der Waals surface area contributed by atoms with E-state index in [2.05, 4.69) is 10.5 Å². The van der Waals surface area contributed by atoms with Crippen molar-refractivity contribution in [3.63, 3.8) is 0 Å². The largest absolute Gasteiger partial charge is 0.416 e. The van der Waals surface area contributed by atoms with Crippen LogP contribution < -0.4 is 5.32 Å². The third-order valence-corrected chi connectivity index (χ3v) is 5.13. The first-order valence-corrected chi connectivity index (χ1v) is 9.59. The quantitative estimate of drug-likeness (QED) is 0.699. The number of rotatable bonds is 7. The molecule has 0 aliphatic heterocycles. The Balaban J connectivity index is 2.44. The van der Waals surface area contributed by atoms with Gasteiger partial charge in [-0.1, -0.05) is 31.1 Å². The van der Waals surface area contributed by atoms with Gasteiger partial charge >= 0.3 is 6.18 Å². The zero-order chi connectivity index (χ0) is 21.9. The lowest BCUT2D eigenvalue weighted by Crippen LogP contribution is -2.37. The highest BCUT2D eigenvalue weighted by atomic mass is 19.4. The Labute approximate surface area is 169 Å². The highest BCUT2D eigenvalue weighted by Gasteiger charge is 2.31. The van der Waals surface area contributed by atoms with Crippen LogP contribution in [0.15, 0.2) is 28.8 Å². The van der Waals surface area contributed by atoms with Crippen LogP contribution in [0.25, 0.3) is 11.3 Å². The van der Waals surface area contributed by atoms with Crippen LogP contribution in [0, 0.1) is 5.92 Å². The first-order chi connectivity index (χ1) is 13.4. The smallest absolute Gasteiger partial charge is 0.355 e. The molecule has 1 N–H and O–H groups in total. The van der Waals surface area contributed by atoms with E-state index in [9.17, 15) is 18.0 Å². The van der Waals surface area contributed by atoms with Gasteiger partial charge in [-0.25, -0.2) is 0 Å². The second kappa shape index (κ2) is 8.98. The second-order valence-corrected chi connectivity index (χ2v) is 7.93. The fourth-order valence-corrected chi connectivity index (χ4v) is 2.55. The zero-order valence-corrected chi connectivity index (χ0v) is 17.6. The van der Waals surface area contributed by atoms with Crippen molar-refractivity contribution in [2.24, 2.45) is 5.92 Å². The summed E-state index contributed by atoms with van der Waals surface area (Å²) in [6.07, 6.45) is -4.42. The minimum atomic E-state index is -4.42. The van der Waals surface area contributed by atoms with Crippen LogP contribution in [-0.4, -0.2) is 35.1 Å². The summed E-state index contributed by atoms with van der Waals surface area (Å²) in [6, 6.07) is 4.78. The van der Waals surface area contributed by atoms with Gasteiger partial charge in [-0.05, 0) is 45.9 Å². The van der Waals surface area contributed by atoms with E-state index in [1.807, 2.05) is 46.6 Å². The van der Waals surface area contributed by atoms with Crippen molar-refractivity contribution in [3.8, 4) is 11.3 Å². The average Bonchev–Trinajstić information content (AvgIpc) is 3.04. The lowest BCUT2D eigenvalue weighted by Gasteiger charge is -2.21. The minimum Gasteiger partial charge on any atom is -0.355 e. The Morgan fingerprint density at radius 1 is 1.14 bits per heavy atom. The van der Waals surface area contributed by atoms with Crippen molar-refractivity contribution < 1.29 is 22.5 Å². The summed E-state index contributed by atoms with van der Waals surface area (Å²) in [5.41, 5.74) is 0.397. The molecule has 2 aromatic rings. The first-order valence-electron chi connectivity index (χ1n) is 9.59. The number of nitrogens with zero attached hydrogens (tertiary/aromatic N) is 2. The Morgan fingerprint density at radius 3 is 2.21 bits per heavy atom. The van der Waals surface area contributed by atoms with E-state index in [-0.39, 0.29) is 29.6 Å². The number of nitrogens with one attached hydrogen (secondary N) is 1. The summed E-state index contributed by atoms with van der Waals surface area (Å²) in [4.78, 5) is 14.8. The summed E-state index contributed by atoms with van der Waals surface area (Å²) < 4.78 is 44.0. The van der Waals surface area contributed by atoms with Crippen molar-refractivity contribution in [2.45, 2.75) is 59.4 Å². The summed E-state index contributed by atoms with van der Waals surface area (Å²) in [5.74, 6) is 0.177. The molecule has 0 fully saturated rings. The van der Waals surface area contributed by atoms with Crippen molar-refractivity contribution in [3.05, 3.63) is 41.1 Å². The number of carbonyl (C=O) groups is 1. The predicted octanol–water partition coefficient (Wildman–Crippen LogP) is 4.97. The molecule has 1 aromatic heterocycles. The number of benzene rings is 1. The maximum Gasteiger partial charge on any atom is 0.416 e. The number of aromatic nitrogens is 1. The minimum absolute atomic E-state index is 0.0654. The van der Waals surface area contributed by atoms with Gasteiger partial charge in [0, 0.05) is 29.8 Å². The highest BCUT2D eigenvalue weighted by molar-refractivity contribution is 5.95. The van der Waals surface area contributed by atoms with E-state index in [0.29, 0.717) is 23.4 Å². The van der Waals surface area contributed by atoms with Gasteiger partial charge in [-0.15, -0.1) is 0 Å². The van der Waals surface area contributed by atoms with Gasteiger partial charge in [0.25, 0.3) is 5.91 Å². The zero-order valence-electron chi connectivity index (χ0n) is 17.6. The van der Waals surface area contributed by atoms with Crippen molar-refractivity contribution >= 4 is 5.91 Å². The number of amides is 1. The molecule has 0 saturated heterocycles. The maximum atomic E-state index is 12.9. The van der Waals surface area contributed by atoms with E-state index in [1.165, 1.54) is 12.1 Å². The van der Waals surface area contributed by atoms with Crippen molar-refractivity contribution in [1.82, 2.24) is 15.4 Å². The summed E-state index contributed by atoms with van der Waals surface area (Å²) in [7, 11) is 1.90. The van der Waals surface area contributed by atoms with Crippen LogP contribution >= 0.6 is 0 Å². The van der Waals surface area contributed by atoms with Crippen LogP contribution in [0.3, 0.4) is 0 Å². The molecular weight excluding hydrogens is 383 g/mol. The van der Waals surface area contributed by atoms with Gasteiger partial charge < -0.3 is 9.84 Å². The first kappa shape index (κ1) is 22.9. The molecule has 2 rings (SSSR count). The molecule has 1 heterocycles. The number of halogens is 3. The van der Waals surface area contributed by atoms with Crippen LogP contribution in [0.5, 0.6) is 0 Å². The summed E-state index contributed by atoms with van der Waals surface area (Å²) >= 11 is 0. The Morgan fingerprint density at radius 2 is 1.72 bits per heavy atom. The highest BCUT2D eigenvalue weighted by Crippen LogP contribution is 2.33. The molecular formula is C21H28F3N3O2. The van der Waals surface area contributed by atoms with Gasteiger partial charge in [0.2, 0.25) is 0 Å². The molecule has 1 aromatic carbocycles. The Kier molecular flexibility index (Phi) is 7.11. The topological polar surface area (TPSA) is 58.4 Å². The number of hydrogen-bond donors (Lipinski definition) is 1. The lowest BCUT2D eigenvalue weighted by molar-refractivity contribution is -0.137. The van der Waals surface area contributed by atoms with E-state index >= 15 is 0 Å². The molecule has 0 bridgehead atoms. The molecule has 0 aliphatic rings. The van der Waals surface area contributed by atoms with Gasteiger partial charge in [0.1, 0.15) is 0 Å². The van der Waals surface area contributed by atoms with E-state index in [1.54, 1.807) is 0 Å². The van der Waals surface area contributed by atoms with Crippen LogP contribution in [0.4, 0.5) is 13.2 Å². The monoisotopic (exact) mass is 411 g/mol. The molecule has 5 nitrogen and oxygen atoms in total. The van der Waals surface area contributed by atoms with E-state index in [0.717, 1.165) is 12.1 Å². The standard InChI is InChI=1S/C21H28F3N3O2/c1-12(2)14(5)25-20(28)18-17(11-27(6)13(3)4)19(29-26-18)15-7-9-16(10-8-15)21(22,23)24/h7-10,12-14H,11H2,1-6H3,(H,25,28). The number of hydrogen-bond acceptors (Lipinski definition) is 4. The van der Waals surface area contributed by atoms with Gasteiger partial charge in [-0.3, -0.25) is 9.69 Å². The molecule has 1 amide bonds. The van der Waals surface area contributed by atoms with E-state index < -0.39 is 11.7 Å². The number of alkyl halides is 3. The fraction of sp³-hybridized carbons (Fsp3) is 0.524. The summed E-state index contributed by atoms with van der Waals surface area (Å²) in [5, 5.41) is 6.86.